The van der Waals surface area contributed by atoms with Crippen LogP contribution in [0.3, 0.4) is 0 Å². The highest BCUT2D eigenvalue weighted by atomic mass is 35.5. The van der Waals surface area contributed by atoms with Crippen LogP contribution in [0.5, 0.6) is 5.75 Å². The molecule has 3 nitrogen and oxygen atoms in total. The molecule has 0 spiro atoms. The van der Waals surface area contributed by atoms with E-state index in [-0.39, 0.29) is 5.02 Å². The van der Waals surface area contributed by atoms with Crippen molar-refractivity contribution in [2.75, 3.05) is 13.7 Å². The van der Waals surface area contributed by atoms with E-state index in [4.69, 9.17) is 22.1 Å². The fourth-order valence-corrected chi connectivity index (χ4v) is 3.69. The van der Waals surface area contributed by atoms with Gasteiger partial charge < -0.3 is 15.5 Å². The van der Waals surface area contributed by atoms with Gasteiger partial charge in [0.25, 0.3) is 0 Å². The molecule has 0 saturated carbocycles. The Balaban J connectivity index is 2.22. The molecule has 150 valence electrons. The largest absolute Gasteiger partial charge is 0.497 e. The predicted molar refractivity (Wildman–Crippen MR) is 107 cm³/mol. The lowest BCUT2D eigenvalue weighted by atomic mass is 9.98. The van der Waals surface area contributed by atoms with Gasteiger partial charge in [-0.05, 0) is 73.7 Å². The number of aryl methyl sites for hydroxylation is 2. The van der Waals surface area contributed by atoms with Crippen LogP contribution in [0.1, 0.15) is 29.5 Å². The number of unbranched alkanes of at least 4 members (excludes halogenated alkanes) is 1. The topological polar surface area (TPSA) is 51.0 Å². The molecule has 0 fully saturated rings. The van der Waals surface area contributed by atoms with Crippen molar-refractivity contribution in [3.8, 4) is 17.0 Å². The molecule has 7 heteroatoms. The summed E-state index contributed by atoms with van der Waals surface area (Å²) in [4.78, 5) is 3.33. The number of aromatic amines is 1. The molecule has 2 aromatic carbocycles. The summed E-state index contributed by atoms with van der Waals surface area (Å²) in [5.74, 6) is 0.711. The maximum Gasteiger partial charge on any atom is 0.417 e. The van der Waals surface area contributed by atoms with E-state index in [0.29, 0.717) is 30.0 Å². The third-order valence-electron chi connectivity index (χ3n) is 4.86. The van der Waals surface area contributed by atoms with Crippen LogP contribution >= 0.6 is 11.6 Å². The maximum atomic E-state index is 13.3. The number of alkyl halides is 3. The minimum atomic E-state index is -4.52. The van der Waals surface area contributed by atoms with E-state index in [0.717, 1.165) is 40.9 Å². The first-order chi connectivity index (χ1) is 13.3. The first kappa shape index (κ1) is 20.6. The van der Waals surface area contributed by atoms with Gasteiger partial charge in [-0.25, -0.2) is 0 Å². The monoisotopic (exact) mass is 410 g/mol. The van der Waals surface area contributed by atoms with Crippen molar-refractivity contribution in [2.45, 2.75) is 32.4 Å². The first-order valence-electron chi connectivity index (χ1n) is 9.02. The molecule has 0 unspecified atom stereocenters. The Morgan fingerprint density at radius 3 is 2.54 bits per heavy atom. The summed E-state index contributed by atoms with van der Waals surface area (Å²) in [7, 11) is 1.59. The second-order valence-corrected chi connectivity index (χ2v) is 7.19. The van der Waals surface area contributed by atoms with E-state index in [1.54, 1.807) is 13.2 Å². The molecule has 1 heterocycles. The van der Waals surface area contributed by atoms with E-state index in [9.17, 15) is 13.2 Å². The highest BCUT2D eigenvalue weighted by Crippen LogP contribution is 2.40. The van der Waals surface area contributed by atoms with Crippen LogP contribution in [-0.4, -0.2) is 18.6 Å². The fraction of sp³-hybridized carbons (Fsp3) is 0.333. The Morgan fingerprint density at radius 2 is 1.89 bits per heavy atom. The minimum absolute atomic E-state index is 0.310. The molecule has 0 saturated heterocycles. The number of hydrogen-bond donors (Lipinski definition) is 2. The van der Waals surface area contributed by atoms with Gasteiger partial charge in [-0.15, -0.1) is 0 Å². The van der Waals surface area contributed by atoms with E-state index >= 15 is 0 Å². The van der Waals surface area contributed by atoms with Gasteiger partial charge in [-0.3, -0.25) is 0 Å². The SMILES string of the molecule is COc1cc(C)c2[nH]c(-c3ccc(Cl)c(C(F)(F)F)c3)c(CCCCN)c2c1. The van der Waals surface area contributed by atoms with Gasteiger partial charge in [0.1, 0.15) is 5.75 Å². The molecule has 3 rings (SSSR count). The van der Waals surface area contributed by atoms with Crippen LogP contribution in [-0.2, 0) is 12.6 Å². The van der Waals surface area contributed by atoms with Gasteiger partial charge in [-0.1, -0.05) is 17.7 Å². The van der Waals surface area contributed by atoms with Gasteiger partial charge >= 0.3 is 6.18 Å². The number of nitrogens with one attached hydrogen (secondary N) is 1. The van der Waals surface area contributed by atoms with E-state index in [1.165, 1.54) is 6.07 Å². The molecule has 1 aromatic heterocycles. The van der Waals surface area contributed by atoms with Crippen molar-refractivity contribution in [1.82, 2.24) is 4.98 Å². The lowest BCUT2D eigenvalue weighted by Crippen LogP contribution is -2.06. The van der Waals surface area contributed by atoms with Crippen LogP contribution in [0.2, 0.25) is 5.02 Å². The highest BCUT2D eigenvalue weighted by Gasteiger charge is 2.33. The van der Waals surface area contributed by atoms with Gasteiger partial charge in [0.2, 0.25) is 0 Å². The number of rotatable bonds is 6. The molecule has 0 bridgehead atoms. The minimum Gasteiger partial charge on any atom is -0.497 e. The van der Waals surface area contributed by atoms with Crippen LogP contribution in [0.15, 0.2) is 30.3 Å². The zero-order chi connectivity index (χ0) is 20.5. The number of hydrogen-bond acceptors (Lipinski definition) is 2. The van der Waals surface area contributed by atoms with Crippen molar-refractivity contribution in [1.29, 1.82) is 0 Å². The van der Waals surface area contributed by atoms with Crippen LogP contribution in [0, 0.1) is 6.92 Å². The highest BCUT2D eigenvalue weighted by molar-refractivity contribution is 6.31. The second kappa shape index (κ2) is 8.05. The summed E-state index contributed by atoms with van der Waals surface area (Å²) in [6, 6.07) is 7.83. The molecule has 3 N–H and O–H groups in total. The van der Waals surface area contributed by atoms with E-state index in [2.05, 4.69) is 4.98 Å². The second-order valence-electron chi connectivity index (χ2n) is 6.78. The Kier molecular flexibility index (Phi) is 5.91. The van der Waals surface area contributed by atoms with Gasteiger partial charge in [0, 0.05) is 16.6 Å². The molecule has 0 aliphatic heterocycles. The summed E-state index contributed by atoms with van der Waals surface area (Å²) in [6.45, 7) is 2.51. The molecule has 0 radical (unpaired) electrons. The smallest absolute Gasteiger partial charge is 0.417 e. The average molecular weight is 411 g/mol. The van der Waals surface area contributed by atoms with Crippen molar-refractivity contribution >= 4 is 22.5 Å². The van der Waals surface area contributed by atoms with Crippen molar-refractivity contribution in [2.24, 2.45) is 5.73 Å². The quantitative estimate of drug-likeness (QED) is 0.482. The van der Waals surface area contributed by atoms with Gasteiger partial charge in [0.15, 0.2) is 0 Å². The Hall–Kier alpha value is -2.18. The standard InChI is InChI=1S/C21H22ClF3N2O/c1-12-9-14(28-2)11-16-15(5-3-4-8-26)20(27-19(12)16)13-6-7-18(22)17(10-13)21(23,24)25/h6-7,9-11,27H,3-5,8,26H2,1-2H3. The lowest BCUT2D eigenvalue weighted by Gasteiger charge is -2.12. The number of fused-ring (bicyclic) bond motifs is 1. The summed E-state index contributed by atoms with van der Waals surface area (Å²) in [6.07, 6.45) is -2.14. The maximum absolute atomic E-state index is 13.3. The number of benzene rings is 2. The van der Waals surface area contributed by atoms with E-state index in [1.807, 2.05) is 19.1 Å². The molecular formula is C21H22ClF3N2O. The van der Waals surface area contributed by atoms with Crippen molar-refractivity contribution in [3.05, 3.63) is 52.0 Å². The molecule has 0 aliphatic carbocycles. The number of ether oxygens (including phenoxy) is 1. The van der Waals surface area contributed by atoms with Gasteiger partial charge in [0.05, 0.1) is 17.7 Å². The Bertz CT molecular complexity index is 995. The summed E-state index contributed by atoms with van der Waals surface area (Å²) >= 11 is 5.79. The number of aromatic nitrogens is 1. The molecular weight excluding hydrogens is 389 g/mol. The Labute approximate surface area is 166 Å². The normalized spacial score (nSPS) is 12.0. The third-order valence-corrected chi connectivity index (χ3v) is 5.19. The van der Waals surface area contributed by atoms with Gasteiger partial charge in [-0.2, -0.15) is 13.2 Å². The van der Waals surface area contributed by atoms with Crippen molar-refractivity contribution < 1.29 is 17.9 Å². The zero-order valence-corrected chi connectivity index (χ0v) is 16.5. The number of halogens is 4. The molecule has 0 aliphatic rings. The number of methoxy groups -OCH3 is 1. The third kappa shape index (κ3) is 3.98. The van der Waals surface area contributed by atoms with Crippen LogP contribution in [0.4, 0.5) is 13.2 Å². The molecule has 0 atom stereocenters. The molecule has 3 aromatic rings. The first-order valence-corrected chi connectivity index (χ1v) is 9.40. The zero-order valence-electron chi connectivity index (χ0n) is 15.7. The predicted octanol–water partition coefficient (Wildman–Crippen LogP) is 6.11. The Morgan fingerprint density at radius 1 is 1.14 bits per heavy atom. The number of nitrogens with two attached hydrogens (primary N) is 1. The lowest BCUT2D eigenvalue weighted by molar-refractivity contribution is -0.137. The average Bonchev–Trinajstić information content (AvgIpc) is 3.00. The molecule has 28 heavy (non-hydrogen) atoms. The van der Waals surface area contributed by atoms with Crippen LogP contribution < -0.4 is 10.5 Å². The molecule has 0 amide bonds. The number of H-pyrrole nitrogens is 1. The van der Waals surface area contributed by atoms with Crippen LogP contribution in [0.25, 0.3) is 22.2 Å². The summed E-state index contributed by atoms with van der Waals surface area (Å²) < 4.78 is 45.4. The van der Waals surface area contributed by atoms with E-state index < -0.39 is 11.7 Å². The summed E-state index contributed by atoms with van der Waals surface area (Å²) in [5, 5.41) is 0.641. The fourth-order valence-electron chi connectivity index (χ4n) is 3.46. The summed E-state index contributed by atoms with van der Waals surface area (Å²) in [5.41, 5.74) is 8.71. The van der Waals surface area contributed by atoms with Crippen molar-refractivity contribution in [3.63, 3.8) is 0 Å².